The molecule has 1 fully saturated rings. The maximum absolute atomic E-state index is 5.60. The molecule has 3 rings (SSSR count). The largest absolute Gasteiger partial charge is 0.381 e. The van der Waals surface area contributed by atoms with Crippen molar-refractivity contribution < 1.29 is 4.74 Å². The summed E-state index contributed by atoms with van der Waals surface area (Å²) in [6.07, 6.45) is 2.53. The van der Waals surface area contributed by atoms with Crippen molar-refractivity contribution in [3.05, 3.63) is 29.8 Å². The lowest BCUT2D eigenvalue weighted by Crippen LogP contribution is -2.36. The third-order valence-corrected chi connectivity index (χ3v) is 3.94. The van der Waals surface area contributed by atoms with Crippen LogP contribution in [0.3, 0.4) is 0 Å². The predicted octanol–water partition coefficient (Wildman–Crippen LogP) is 2.02. The minimum absolute atomic E-state index is 0.699. The zero-order valence-corrected chi connectivity index (χ0v) is 10.9. The van der Waals surface area contributed by atoms with E-state index in [1.807, 2.05) is 0 Å². The molecule has 0 spiro atoms. The van der Waals surface area contributed by atoms with Crippen molar-refractivity contribution in [1.29, 1.82) is 0 Å². The lowest BCUT2D eigenvalue weighted by molar-refractivity contribution is 0.0573. The van der Waals surface area contributed by atoms with Gasteiger partial charge in [-0.25, -0.2) is 0 Å². The fraction of sp³-hybridized carbons (Fsp3) is 0.600. The summed E-state index contributed by atoms with van der Waals surface area (Å²) in [6, 6.07) is 8.77. The van der Waals surface area contributed by atoms with E-state index in [1.54, 1.807) is 0 Å². The van der Waals surface area contributed by atoms with E-state index in [0.717, 1.165) is 39.4 Å². The Balaban J connectivity index is 1.74. The Morgan fingerprint density at radius 3 is 3.17 bits per heavy atom. The van der Waals surface area contributed by atoms with Crippen LogP contribution in [0.1, 0.15) is 18.4 Å². The van der Waals surface area contributed by atoms with Gasteiger partial charge in [-0.05, 0) is 30.4 Å². The highest BCUT2D eigenvalue weighted by atomic mass is 16.5. The number of anilines is 1. The van der Waals surface area contributed by atoms with Gasteiger partial charge in [0.1, 0.15) is 0 Å². The van der Waals surface area contributed by atoms with E-state index >= 15 is 0 Å². The minimum Gasteiger partial charge on any atom is -0.381 e. The Labute approximate surface area is 109 Å². The molecule has 2 aliphatic rings. The quantitative estimate of drug-likeness (QED) is 0.864. The highest BCUT2D eigenvalue weighted by Crippen LogP contribution is 2.24. The molecule has 0 aliphatic carbocycles. The van der Waals surface area contributed by atoms with Gasteiger partial charge in [-0.2, -0.15) is 0 Å². The molecule has 0 amide bonds. The predicted molar refractivity (Wildman–Crippen MR) is 73.9 cm³/mol. The van der Waals surface area contributed by atoms with Gasteiger partial charge in [-0.3, -0.25) is 0 Å². The standard InChI is InChI=1S/C15H22N2O/c1-2-6-15-14(5-1)10-16-7-8-17(15)11-13-4-3-9-18-12-13/h1-2,5-6,13,16H,3-4,7-12H2. The summed E-state index contributed by atoms with van der Waals surface area (Å²) >= 11 is 0. The third kappa shape index (κ3) is 2.68. The van der Waals surface area contributed by atoms with Gasteiger partial charge in [0.2, 0.25) is 0 Å². The Morgan fingerprint density at radius 2 is 2.28 bits per heavy atom. The number of rotatable bonds is 2. The molecule has 1 unspecified atom stereocenters. The molecule has 2 aliphatic heterocycles. The van der Waals surface area contributed by atoms with Crippen LogP contribution >= 0.6 is 0 Å². The van der Waals surface area contributed by atoms with E-state index in [-0.39, 0.29) is 0 Å². The molecule has 98 valence electrons. The molecular formula is C15H22N2O. The molecular weight excluding hydrogens is 224 g/mol. The second kappa shape index (κ2) is 5.72. The van der Waals surface area contributed by atoms with Gasteiger partial charge in [0.05, 0.1) is 6.61 Å². The van der Waals surface area contributed by atoms with Crippen molar-refractivity contribution in [2.24, 2.45) is 5.92 Å². The highest BCUT2D eigenvalue weighted by Gasteiger charge is 2.20. The molecule has 18 heavy (non-hydrogen) atoms. The van der Waals surface area contributed by atoms with Crippen LogP contribution in [0, 0.1) is 5.92 Å². The van der Waals surface area contributed by atoms with Gasteiger partial charge >= 0.3 is 0 Å². The first-order chi connectivity index (χ1) is 8.93. The third-order valence-electron chi connectivity index (χ3n) is 3.94. The second-order valence-corrected chi connectivity index (χ2v) is 5.33. The summed E-state index contributed by atoms with van der Waals surface area (Å²) in [7, 11) is 0. The van der Waals surface area contributed by atoms with E-state index in [1.165, 1.54) is 24.1 Å². The number of para-hydroxylation sites is 1. The Hall–Kier alpha value is -1.06. The smallest absolute Gasteiger partial charge is 0.0511 e. The van der Waals surface area contributed by atoms with E-state index in [4.69, 9.17) is 4.74 Å². The summed E-state index contributed by atoms with van der Waals surface area (Å²) in [5.41, 5.74) is 2.83. The zero-order valence-electron chi connectivity index (χ0n) is 10.9. The summed E-state index contributed by atoms with van der Waals surface area (Å²) in [5, 5.41) is 3.50. The van der Waals surface area contributed by atoms with Gasteiger partial charge in [0.25, 0.3) is 0 Å². The van der Waals surface area contributed by atoms with E-state index in [9.17, 15) is 0 Å². The van der Waals surface area contributed by atoms with Crippen molar-refractivity contribution >= 4 is 5.69 Å². The van der Waals surface area contributed by atoms with Crippen molar-refractivity contribution in [3.63, 3.8) is 0 Å². The zero-order chi connectivity index (χ0) is 12.2. The van der Waals surface area contributed by atoms with Crippen LogP contribution in [-0.4, -0.2) is 32.8 Å². The van der Waals surface area contributed by atoms with Crippen LogP contribution in [0.5, 0.6) is 0 Å². The highest BCUT2D eigenvalue weighted by molar-refractivity contribution is 5.54. The van der Waals surface area contributed by atoms with Crippen LogP contribution in [-0.2, 0) is 11.3 Å². The number of ether oxygens (including phenoxy) is 1. The van der Waals surface area contributed by atoms with Crippen molar-refractivity contribution in [2.75, 3.05) is 37.7 Å². The van der Waals surface area contributed by atoms with Crippen LogP contribution in [0.25, 0.3) is 0 Å². The number of nitrogens with zero attached hydrogens (tertiary/aromatic N) is 1. The van der Waals surface area contributed by atoms with Gasteiger partial charge in [0, 0.05) is 38.5 Å². The maximum Gasteiger partial charge on any atom is 0.0511 e. The topological polar surface area (TPSA) is 24.5 Å². The molecule has 3 heteroatoms. The summed E-state index contributed by atoms with van der Waals surface area (Å²) in [4.78, 5) is 2.54. The molecule has 1 atom stereocenters. The molecule has 1 saturated heterocycles. The van der Waals surface area contributed by atoms with Crippen LogP contribution in [0.15, 0.2) is 24.3 Å². The fourth-order valence-corrected chi connectivity index (χ4v) is 2.98. The molecule has 2 heterocycles. The lowest BCUT2D eigenvalue weighted by atomic mass is 10.0. The lowest BCUT2D eigenvalue weighted by Gasteiger charge is -2.31. The second-order valence-electron chi connectivity index (χ2n) is 5.33. The summed E-state index contributed by atoms with van der Waals surface area (Å²) in [6.45, 7) is 6.20. The van der Waals surface area contributed by atoms with Crippen LogP contribution < -0.4 is 10.2 Å². The Morgan fingerprint density at radius 1 is 1.33 bits per heavy atom. The van der Waals surface area contributed by atoms with Gasteiger partial charge in [-0.1, -0.05) is 18.2 Å². The minimum atomic E-state index is 0.699. The maximum atomic E-state index is 5.60. The Kier molecular flexibility index (Phi) is 3.81. The normalized spacial score (nSPS) is 24.4. The number of benzene rings is 1. The van der Waals surface area contributed by atoms with Crippen molar-refractivity contribution in [2.45, 2.75) is 19.4 Å². The first-order valence-corrected chi connectivity index (χ1v) is 7.05. The molecule has 1 aromatic carbocycles. The average Bonchev–Trinajstić information content (AvgIpc) is 2.63. The van der Waals surface area contributed by atoms with Gasteiger partial charge < -0.3 is 15.0 Å². The van der Waals surface area contributed by atoms with E-state index in [2.05, 4.69) is 34.5 Å². The first-order valence-electron chi connectivity index (χ1n) is 7.05. The van der Waals surface area contributed by atoms with E-state index in [0.29, 0.717) is 5.92 Å². The monoisotopic (exact) mass is 246 g/mol. The fourth-order valence-electron chi connectivity index (χ4n) is 2.98. The molecule has 1 N–H and O–H groups in total. The SMILES string of the molecule is c1ccc2c(c1)CNCCN2CC1CCCOC1. The first kappa shape index (κ1) is 12.0. The molecule has 0 bridgehead atoms. The number of hydrogen-bond donors (Lipinski definition) is 1. The average molecular weight is 246 g/mol. The van der Waals surface area contributed by atoms with Crippen molar-refractivity contribution in [3.8, 4) is 0 Å². The molecule has 0 saturated carbocycles. The van der Waals surface area contributed by atoms with Crippen LogP contribution in [0.4, 0.5) is 5.69 Å². The number of fused-ring (bicyclic) bond motifs is 1. The van der Waals surface area contributed by atoms with Crippen LogP contribution in [0.2, 0.25) is 0 Å². The van der Waals surface area contributed by atoms with Crippen molar-refractivity contribution in [1.82, 2.24) is 5.32 Å². The Bertz CT molecular complexity index is 388. The summed E-state index contributed by atoms with van der Waals surface area (Å²) < 4.78 is 5.60. The molecule has 3 nitrogen and oxygen atoms in total. The molecule has 1 aromatic rings. The van der Waals surface area contributed by atoms with Gasteiger partial charge in [-0.15, -0.1) is 0 Å². The number of nitrogens with one attached hydrogen (secondary N) is 1. The molecule has 0 radical (unpaired) electrons. The summed E-state index contributed by atoms with van der Waals surface area (Å²) in [5.74, 6) is 0.699. The molecule has 0 aromatic heterocycles. The number of hydrogen-bond acceptors (Lipinski definition) is 3. The van der Waals surface area contributed by atoms with E-state index < -0.39 is 0 Å². The van der Waals surface area contributed by atoms with Gasteiger partial charge in [0.15, 0.2) is 0 Å².